The summed E-state index contributed by atoms with van der Waals surface area (Å²) in [6.45, 7) is 2.01. The molecule has 0 aromatic heterocycles. The summed E-state index contributed by atoms with van der Waals surface area (Å²) < 4.78 is 4.93. The summed E-state index contributed by atoms with van der Waals surface area (Å²) in [6.07, 6.45) is 0.0524. The van der Waals surface area contributed by atoms with Crippen LogP contribution in [0.5, 0.6) is 0 Å². The van der Waals surface area contributed by atoms with Gasteiger partial charge in [-0.05, 0) is 24.6 Å². The van der Waals surface area contributed by atoms with Crippen LogP contribution in [0.1, 0.15) is 18.9 Å². The van der Waals surface area contributed by atoms with Gasteiger partial charge in [0.15, 0.2) is 0 Å². The van der Waals surface area contributed by atoms with Crippen molar-refractivity contribution in [3.8, 4) is 0 Å². The average molecular weight is 266 g/mol. The molecule has 18 heavy (non-hydrogen) atoms. The van der Waals surface area contributed by atoms with Crippen molar-refractivity contribution in [2.75, 3.05) is 6.61 Å². The molecule has 1 aromatic rings. The van der Waals surface area contributed by atoms with E-state index in [2.05, 4.69) is 5.32 Å². The van der Waals surface area contributed by atoms with E-state index in [0.717, 1.165) is 5.56 Å². The van der Waals surface area contributed by atoms with Crippen LogP contribution in [0.3, 0.4) is 0 Å². The van der Waals surface area contributed by atoms with E-state index in [0.29, 0.717) is 16.3 Å². The third-order valence-corrected chi connectivity index (χ3v) is 2.81. The Balaban J connectivity index is 2.37. The zero-order chi connectivity index (χ0) is 13.1. The Morgan fingerprint density at radius 2 is 2.06 bits per heavy atom. The maximum atomic E-state index is 11.7. The molecule has 0 fully saturated rings. The first-order valence-corrected chi connectivity index (χ1v) is 5.95. The first-order chi connectivity index (χ1) is 8.61. The lowest BCUT2D eigenvalue weighted by Crippen LogP contribution is -2.14. The molecule has 1 heterocycles. The minimum atomic E-state index is -0.458. The highest BCUT2D eigenvalue weighted by atomic mass is 35.5. The summed E-state index contributed by atoms with van der Waals surface area (Å²) in [7, 11) is 0. The van der Waals surface area contributed by atoms with Crippen LogP contribution in [0.25, 0.3) is 5.70 Å². The van der Waals surface area contributed by atoms with E-state index in [-0.39, 0.29) is 18.9 Å². The Labute approximate surface area is 110 Å². The van der Waals surface area contributed by atoms with E-state index in [1.54, 1.807) is 31.2 Å². The standard InChI is InChI=1S/C13H12ClNO3/c1-2-18-13(17)10-7-11(16)15-12(10)8-3-5-9(14)6-4-8/h3-6H,2,7H2,1H3,(H,15,16). The number of rotatable bonds is 3. The number of carbonyl (C=O) groups is 2. The summed E-state index contributed by atoms with van der Waals surface area (Å²) in [5.41, 5.74) is 1.62. The number of benzene rings is 1. The molecule has 4 nitrogen and oxygen atoms in total. The van der Waals surface area contributed by atoms with Gasteiger partial charge in [-0.25, -0.2) is 4.79 Å². The fraction of sp³-hybridized carbons (Fsp3) is 0.231. The number of halogens is 1. The number of nitrogens with one attached hydrogen (secondary N) is 1. The van der Waals surface area contributed by atoms with Crippen LogP contribution in [-0.4, -0.2) is 18.5 Å². The van der Waals surface area contributed by atoms with Gasteiger partial charge in [-0.3, -0.25) is 4.79 Å². The van der Waals surface area contributed by atoms with Gasteiger partial charge < -0.3 is 10.1 Å². The molecule has 0 unspecified atom stereocenters. The Kier molecular flexibility index (Phi) is 3.67. The van der Waals surface area contributed by atoms with Crippen molar-refractivity contribution < 1.29 is 14.3 Å². The highest BCUT2D eigenvalue weighted by Crippen LogP contribution is 2.26. The Morgan fingerprint density at radius 1 is 1.39 bits per heavy atom. The average Bonchev–Trinajstić information content (AvgIpc) is 2.73. The monoisotopic (exact) mass is 265 g/mol. The van der Waals surface area contributed by atoms with Gasteiger partial charge in [0.2, 0.25) is 5.91 Å². The van der Waals surface area contributed by atoms with Crippen molar-refractivity contribution in [1.29, 1.82) is 0 Å². The Morgan fingerprint density at radius 3 is 2.67 bits per heavy atom. The molecule has 1 aliphatic heterocycles. The molecule has 2 rings (SSSR count). The Bertz CT molecular complexity index is 520. The molecule has 1 amide bonds. The summed E-state index contributed by atoms with van der Waals surface area (Å²) in [5.74, 6) is -0.663. The number of amides is 1. The van der Waals surface area contributed by atoms with Crippen molar-refractivity contribution in [2.45, 2.75) is 13.3 Å². The van der Waals surface area contributed by atoms with Crippen molar-refractivity contribution in [3.63, 3.8) is 0 Å². The number of esters is 1. The summed E-state index contributed by atoms with van der Waals surface area (Å²) in [4.78, 5) is 23.2. The number of ether oxygens (including phenoxy) is 1. The highest BCUT2D eigenvalue weighted by molar-refractivity contribution is 6.30. The van der Waals surface area contributed by atoms with E-state index < -0.39 is 5.97 Å². The molecular weight excluding hydrogens is 254 g/mol. The second-order valence-electron chi connectivity index (χ2n) is 3.81. The quantitative estimate of drug-likeness (QED) is 0.852. The lowest BCUT2D eigenvalue weighted by molar-refractivity contribution is -0.139. The van der Waals surface area contributed by atoms with Gasteiger partial charge in [-0.1, -0.05) is 23.7 Å². The van der Waals surface area contributed by atoms with Crippen LogP contribution in [0.2, 0.25) is 5.02 Å². The molecule has 0 bridgehead atoms. The molecule has 0 saturated heterocycles. The van der Waals surface area contributed by atoms with Crippen LogP contribution < -0.4 is 5.32 Å². The first-order valence-electron chi connectivity index (χ1n) is 5.58. The molecule has 1 aliphatic rings. The SMILES string of the molecule is CCOC(=O)C1=C(c2ccc(Cl)cc2)NC(=O)C1. The minimum absolute atomic E-state index is 0.0524. The van der Waals surface area contributed by atoms with Crippen molar-refractivity contribution >= 4 is 29.2 Å². The summed E-state index contributed by atoms with van der Waals surface area (Å²) >= 11 is 5.80. The maximum Gasteiger partial charge on any atom is 0.336 e. The first kappa shape index (κ1) is 12.6. The largest absolute Gasteiger partial charge is 0.463 e. The Hall–Kier alpha value is -1.81. The molecular formula is C13H12ClNO3. The van der Waals surface area contributed by atoms with E-state index in [4.69, 9.17) is 16.3 Å². The van der Waals surface area contributed by atoms with E-state index in [1.807, 2.05) is 0 Å². The van der Waals surface area contributed by atoms with E-state index in [9.17, 15) is 9.59 Å². The lowest BCUT2D eigenvalue weighted by Gasteiger charge is -2.06. The van der Waals surface area contributed by atoms with Crippen molar-refractivity contribution in [2.24, 2.45) is 0 Å². The number of hydrogen-bond donors (Lipinski definition) is 1. The van der Waals surface area contributed by atoms with E-state index >= 15 is 0 Å². The van der Waals surface area contributed by atoms with Gasteiger partial charge >= 0.3 is 5.97 Å². The molecule has 0 radical (unpaired) electrons. The smallest absolute Gasteiger partial charge is 0.336 e. The molecule has 0 spiro atoms. The van der Waals surface area contributed by atoms with Crippen LogP contribution in [0.4, 0.5) is 0 Å². The summed E-state index contributed by atoms with van der Waals surface area (Å²) in [6, 6.07) is 6.92. The van der Waals surface area contributed by atoms with Crippen molar-refractivity contribution in [1.82, 2.24) is 5.32 Å². The van der Waals surface area contributed by atoms with Gasteiger partial charge in [0.05, 0.1) is 24.3 Å². The number of hydrogen-bond acceptors (Lipinski definition) is 3. The van der Waals surface area contributed by atoms with E-state index in [1.165, 1.54) is 0 Å². The number of carbonyl (C=O) groups excluding carboxylic acids is 2. The molecule has 1 N–H and O–H groups in total. The molecule has 5 heteroatoms. The lowest BCUT2D eigenvalue weighted by atomic mass is 10.1. The molecule has 94 valence electrons. The topological polar surface area (TPSA) is 55.4 Å². The molecule has 0 aliphatic carbocycles. The zero-order valence-electron chi connectivity index (χ0n) is 9.83. The fourth-order valence-electron chi connectivity index (χ4n) is 1.76. The molecule has 1 aromatic carbocycles. The molecule has 0 saturated carbocycles. The van der Waals surface area contributed by atoms with Crippen LogP contribution >= 0.6 is 11.6 Å². The normalized spacial score (nSPS) is 14.7. The van der Waals surface area contributed by atoms with Gasteiger partial charge in [-0.15, -0.1) is 0 Å². The highest BCUT2D eigenvalue weighted by Gasteiger charge is 2.28. The third kappa shape index (κ3) is 2.54. The second-order valence-corrected chi connectivity index (χ2v) is 4.24. The van der Waals surface area contributed by atoms with Gasteiger partial charge in [0, 0.05) is 5.02 Å². The van der Waals surface area contributed by atoms with Crippen LogP contribution in [0.15, 0.2) is 29.8 Å². The third-order valence-electron chi connectivity index (χ3n) is 2.56. The van der Waals surface area contributed by atoms with Crippen LogP contribution in [-0.2, 0) is 14.3 Å². The zero-order valence-corrected chi connectivity index (χ0v) is 10.6. The van der Waals surface area contributed by atoms with Gasteiger partial charge in [0.1, 0.15) is 0 Å². The fourth-order valence-corrected chi connectivity index (χ4v) is 1.89. The predicted octanol–water partition coefficient (Wildman–Crippen LogP) is 2.13. The second kappa shape index (κ2) is 5.23. The summed E-state index contributed by atoms with van der Waals surface area (Å²) in [5, 5.41) is 3.27. The van der Waals surface area contributed by atoms with Gasteiger partial charge in [-0.2, -0.15) is 0 Å². The molecule has 0 atom stereocenters. The minimum Gasteiger partial charge on any atom is -0.463 e. The van der Waals surface area contributed by atoms with Crippen LogP contribution in [0, 0.1) is 0 Å². The van der Waals surface area contributed by atoms with Crippen molar-refractivity contribution in [3.05, 3.63) is 40.4 Å². The predicted molar refractivity (Wildman–Crippen MR) is 67.8 cm³/mol. The van der Waals surface area contributed by atoms with Gasteiger partial charge in [0.25, 0.3) is 0 Å². The maximum absolute atomic E-state index is 11.7.